The van der Waals surface area contributed by atoms with Crippen LogP contribution in [0.4, 0.5) is 0 Å². The van der Waals surface area contributed by atoms with Gasteiger partial charge in [-0.1, -0.05) is 30.3 Å². The predicted octanol–water partition coefficient (Wildman–Crippen LogP) is 2.88. The first-order valence-electron chi connectivity index (χ1n) is 6.24. The number of aromatic hydroxyl groups is 2. The molecule has 3 aromatic rings. The van der Waals surface area contributed by atoms with E-state index in [1.165, 1.54) is 19.2 Å². The zero-order valence-electron chi connectivity index (χ0n) is 11.2. The van der Waals surface area contributed by atoms with Crippen molar-refractivity contribution in [3.63, 3.8) is 0 Å². The zero-order valence-corrected chi connectivity index (χ0v) is 11.2. The molecule has 0 radical (unpaired) electrons. The Kier molecular flexibility index (Phi) is 3.02. The molecule has 0 fully saturated rings. The highest BCUT2D eigenvalue weighted by Crippen LogP contribution is 2.36. The number of hydrogen-bond donors (Lipinski definition) is 2. The monoisotopic (exact) mass is 284 g/mol. The van der Waals surface area contributed by atoms with E-state index in [4.69, 9.17) is 9.15 Å². The second-order valence-electron chi connectivity index (χ2n) is 4.47. The average molecular weight is 284 g/mol. The summed E-state index contributed by atoms with van der Waals surface area (Å²) >= 11 is 0. The summed E-state index contributed by atoms with van der Waals surface area (Å²) in [5.74, 6) is -0.640. The van der Waals surface area contributed by atoms with Crippen LogP contribution in [0.15, 0.2) is 51.7 Å². The summed E-state index contributed by atoms with van der Waals surface area (Å²) in [5, 5.41) is 19.3. The molecule has 1 heterocycles. The molecule has 0 bridgehead atoms. The lowest BCUT2D eigenvalue weighted by Crippen LogP contribution is -2.07. The van der Waals surface area contributed by atoms with E-state index in [-0.39, 0.29) is 28.2 Å². The molecule has 0 amide bonds. The quantitative estimate of drug-likeness (QED) is 0.707. The van der Waals surface area contributed by atoms with Gasteiger partial charge in [-0.25, -0.2) is 0 Å². The van der Waals surface area contributed by atoms with E-state index in [0.29, 0.717) is 5.56 Å². The first-order chi connectivity index (χ1) is 10.1. The smallest absolute Gasteiger partial charge is 0.239 e. The van der Waals surface area contributed by atoms with Crippen molar-refractivity contribution >= 4 is 11.0 Å². The molecule has 0 aliphatic rings. The summed E-state index contributed by atoms with van der Waals surface area (Å²) in [6, 6.07) is 11.7. The zero-order chi connectivity index (χ0) is 15.0. The average Bonchev–Trinajstić information content (AvgIpc) is 2.51. The Morgan fingerprint density at radius 2 is 1.76 bits per heavy atom. The van der Waals surface area contributed by atoms with Gasteiger partial charge < -0.3 is 19.4 Å². The van der Waals surface area contributed by atoms with Crippen LogP contribution in [0.3, 0.4) is 0 Å². The van der Waals surface area contributed by atoms with Gasteiger partial charge in [0.05, 0.1) is 7.11 Å². The molecule has 0 saturated heterocycles. The Morgan fingerprint density at radius 1 is 1.05 bits per heavy atom. The fourth-order valence-electron chi connectivity index (χ4n) is 2.20. The van der Waals surface area contributed by atoms with Crippen LogP contribution in [-0.4, -0.2) is 17.3 Å². The lowest BCUT2D eigenvalue weighted by atomic mass is 10.1. The third kappa shape index (κ3) is 1.99. The van der Waals surface area contributed by atoms with E-state index in [2.05, 4.69) is 0 Å². The molecule has 0 aliphatic carbocycles. The van der Waals surface area contributed by atoms with Gasteiger partial charge in [0.15, 0.2) is 17.3 Å². The normalized spacial score (nSPS) is 10.7. The van der Waals surface area contributed by atoms with Crippen molar-refractivity contribution in [2.24, 2.45) is 0 Å². The van der Waals surface area contributed by atoms with Crippen molar-refractivity contribution in [2.75, 3.05) is 7.11 Å². The summed E-state index contributed by atoms with van der Waals surface area (Å²) in [7, 11) is 1.35. The Labute approximate surface area is 119 Å². The van der Waals surface area contributed by atoms with Gasteiger partial charge >= 0.3 is 0 Å². The number of benzene rings is 2. The Bertz CT molecular complexity index is 865. The number of fused-ring (bicyclic) bond motifs is 1. The van der Waals surface area contributed by atoms with Gasteiger partial charge in [-0.15, -0.1) is 0 Å². The number of hydrogen-bond acceptors (Lipinski definition) is 5. The van der Waals surface area contributed by atoms with Crippen LogP contribution >= 0.6 is 0 Å². The van der Waals surface area contributed by atoms with E-state index in [0.717, 1.165) is 0 Å². The topological polar surface area (TPSA) is 79.9 Å². The van der Waals surface area contributed by atoms with Gasteiger partial charge in [-0.05, 0) is 12.1 Å². The van der Waals surface area contributed by atoms with Crippen LogP contribution in [-0.2, 0) is 0 Å². The van der Waals surface area contributed by atoms with E-state index in [1.54, 1.807) is 12.1 Å². The number of ether oxygens (including phenoxy) is 1. The molecule has 21 heavy (non-hydrogen) atoms. The van der Waals surface area contributed by atoms with Crippen molar-refractivity contribution in [3.8, 4) is 28.6 Å². The van der Waals surface area contributed by atoms with Gasteiger partial charge in [0.1, 0.15) is 11.0 Å². The minimum Gasteiger partial charge on any atom is -0.504 e. The highest BCUT2D eigenvalue weighted by atomic mass is 16.5. The predicted molar refractivity (Wildman–Crippen MR) is 77.8 cm³/mol. The molecule has 5 heteroatoms. The fourth-order valence-corrected chi connectivity index (χ4v) is 2.20. The maximum Gasteiger partial charge on any atom is 0.239 e. The number of rotatable bonds is 2. The molecular formula is C16H12O5. The van der Waals surface area contributed by atoms with Gasteiger partial charge in [0.2, 0.25) is 11.2 Å². The second kappa shape index (κ2) is 4.86. The molecule has 2 aromatic carbocycles. The molecule has 5 nitrogen and oxygen atoms in total. The maximum atomic E-state index is 12.5. The van der Waals surface area contributed by atoms with Gasteiger partial charge in [0.25, 0.3) is 0 Å². The fraction of sp³-hybridized carbons (Fsp3) is 0.0625. The summed E-state index contributed by atoms with van der Waals surface area (Å²) < 4.78 is 10.8. The first kappa shape index (κ1) is 13.1. The summed E-state index contributed by atoms with van der Waals surface area (Å²) in [6.45, 7) is 0. The summed E-state index contributed by atoms with van der Waals surface area (Å²) in [6.07, 6.45) is 0. The van der Waals surface area contributed by atoms with Gasteiger partial charge in [-0.2, -0.15) is 0 Å². The third-order valence-corrected chi connectivity index (χ3v) is 3.21. The number of phenols is 2. The van der Waals surface area contributed by atoms with Crippen LogP contribution < -0.4 is 10.2 Å². The van der Waals surface area contributed by atoms with Crippen LogP contribution in [0, 0.1) is 0 Å². The van der Waals surface area contributed by atoms with E-state index >= 15 is 0 Å². The number of methoxy groups -OCH3 is 1. The molecule has 0 saturated carbocycles. The maximum absolute atomic E-state index is 12.5. The van der Waals surface area contributed by atoms with Crippen LogP contribution in [0.1, 0.15) is 0 Å². The Morgan fingerprint density at radius 3 is 2.43 bits per heavy atom. The summed E-state index contributed by atoms with van der Waals surface area (Å²) in [5.41, 5.74) is 0.321. The van der Waals surface area contributed by atoms with Crippen molar-refractivity contribution < 1.29 is 19.4 Å². The highest BCUT2D eigenvalue weighted by molar-refractivity contribution is 5.89. The Hall–Kier alpha value is -2.95. The molecular weight excluding hydrogens is 272 g/mol. The van der Waals surface area contributed by atoms with Crippen molar-refractivity contribution in [1.29, 1.82) is 0 Å². The van der Waals surface area contributed by atoms with E-state index in [1.807, 2.05) is 18.2 Å². The minimum absolute atomic E-state index is 0.0189. The minimum atomic E-state index is -0.536. The number of phenolic OH excluding ortho intramolecular Hbond substituents is 2. The molecule has 106 valence electrons. The highest BCUT2D eigenvalue weighted by Gasteiger charge is 2.20. The van der Waals surface area contributed by atoms with Gasteiger partial charge in [0, 0.05) is 5.56 Å². The molecule has 1 aromatic heterocycles. The van der Waals surface area contributed by atoms with Crippen LogP contribution in [0.25, 0.3) is 22.3 Å². The van der Waals surface area contributed by atoms with Gasteiger partial charge in [-0.3, -0.25) is 4.79 Å². The lowest BCUT2D eigenvalue weighted by Gasteiger charge is -2.10. The SMILES string of the molecule is COc1c(-c2ccccc2)oc2ccc(O)c(O)c2c1=O. The molecule has 2 N–H and O–H groups in total. The van der Waals surface area contributed by atoms with Crippen LogP contribution in [0.5, 0.6) is 17.2 Å². The van der Waals surface area contributed by atoms with Crippen molar-refractivity contribution in [2.45, 2.75) is 0 Å². The third-order valence-electron chi connectivity index (χ3n) is 3.21. The second-order valence-corrected chi connectivity index (χ2v) is 4.47. The van der Waals surface area contributed by atoms with Crippen molar-refractivity contribution in [1.82, 2.24) is 0 Å². The van der Waals surface area contributed by atoms with E-state index < -0.39 is 11.2 Å². The van der Waals surface area contributed by atoms with E-state index in [9.17, 15) is 15.0 Å². The molecule has 0 unspecified atom stereocenters. The van der Waals surface area contributed by atoms with Crippen LogP contribution in [0.2, 0.25) is 0 Å². The van der Waals surface area contributed by atoms with Crippen molar-refractivity contribution in [3.05, 3.63) is 52.7 Å². The molecule has 0 atom stereocenters. The standard InChI is InChI=1S/C16H12O5/c1-20-16-14(19)12-11(8-7-10(17)13(12)18)21-15(16)9-5-3-2-4-6-9/h2-8,17-18H,1H3. The first-order valence-corrected chi connectivity index (χ1v) is 6.24. The molecule has 0 spiro atoms. The largest absolute Gasteiger partial charge is 0.504 e. The summed E-state index contributed by atoms with van der Waals surface area (Å²) in [4.78, 5) is 12.5. The molecule has 3 rings (SSSR count). The lowest BCUT2D eigenvalue weighted by molar-refractivity contribution is 0.393. The molecule has 0 aliphatic heterocycles. The Balaban J connectivity index is 2.43.